The Balaban J connectivity index is 2.03. The van der Waals surface area contributed by atoms with E-state index in [0.29, 0.717) is 22.4 Å². The fourth-order valence-corrected chi connectivity index (χ4v) is 2.09. The van der Waals surface area contributed by atoms with Crippen LogP contribution in [0.3, 0.4) is 0 Å². The number of hydrogen-bond acceptors (Lipinski definition) is 4. The van der Waals surface area contributed by atoms with Crippen molar-refractivity contribution >= 4 is 22.6 Å². The van der Waals surface area contributed by atoms with Gasteiger partial charge >= 0.3 is 5.63 Å². The topological polar surface area (TPSA) is 52.3 Å². The second kappa shape index (κ2) is 4.98. The van der Waals surface area contributed by atoms with Crippen molar-refractivity contribution < 1.29 is 9.15 Å². The van der Waals surface area contributed by atoms with E-state index in [1.54, 1.807) is 30.3 Å². The number of aryl methyl sites for hydroxylation is 1. The Kier molecular flexibility index (Phi) is 3.16. The van der Waals surface area contributed by atoms with Crippen molar-refractivity contribution in [2.24, 2.45) is 0 Å². The Bertz CT molecular complexity index is 842. The van der Waals surface area contributed by atoms with Crippen molar-refractivity contribution in [2.45, 2.75) is 6.92 Å². The lowest BCUT2D eigenvalue weighted by atomic mass is 10.1. The Morgan fingerprint density at radius 3 is 2.85 bits per heavy atom. The Morgan fingerprint density at radius 1 is 1.20 bits per heavy atom. The van der Waals surface area contributed by atoms with Crippen molar-refractivity contribution in [3.63, 3.8) is 0 Å². The van der Waals surface area contributed by atoms with Gasteiger partial charge in [-0.25, -0.2) is 9.78 Å². The molecule has 5 heteroatoms. The van der Waals surface area contributed by atoms with E-state index in [1.807, 2.05) is 13.0 Å². The molecule has 0 atom stereocenters. The molecule has 0 N–H and O–H groups in total. The van der Waals surface area contributed by atoms with E-state index >= 15 is 0 Å². The van der Waals surface area contributed by atoms with Crippen LogP contribution in [0.5, 0.6) is 11.6 Å². The first-order chi connectivity index (χ1) is 9.61. The largest absolute Gasteiger partial charge is 0.439 e. The second-order valence-corrected chi connectivity index (χ2v) is 4.69. The molecule has 0 saturated heterocycles. The number of rotatable bonds is 2. The summed E-state index contributed by atoms with van der Waals surface area (Å²) < 4.78 is 10.8. The molecule has 0 aliphatic heterocycles. The van der Waals surface area contributed by atoms with E-state index < -0.39 is 0 Å². The summed E-state index contributed by atoms with van der Waals surface area (Å²) in [6.45, 7) is 1.86. The molecular formula is C15H10ClNO3. The molecule has 1 aromatic carbocycles. The van der Waals surface area contributed by atoms with Crippen molar-refractivity contribution in [2.75, 3.05) is 0 Å². The molecule has 3 aromatic rings. The highest BCUT2D eigenvalue weighted by atomic mass is 35.5. The second-order valence-electron chi connectivity index (χ2n) is 4.31. The third-order valence-electron chi connectivity index (χ3n) is 2.83. The molecule has 0 radical (unpaired) electrons. The Hall–Kier alpha value is -2.33. The summed E-state index contributed by atoms with van der Waals surface area (Å²) in [4.78, 5) is 15.4. The summed E-state index contributed by atoms with van der Waals surface area (Å²) in [6, 6.07) is 11.9. The van der Waals surface area contributed by atoms with Gasteiger partial charge < -0.3 is 9.15 Å². The normalized spacial score (nSPS) is 10.7. The quantitative estimate of drug-likeness (QED) is 0.529. The van der Waals surface area contributed by atoms with Crippen LogP contribution in [0, 0.1) is 6.92 Å². The number of halogens is 1. The fraction of sp³-hybridized carbons (Fsp3) is 0.0667. The van der Waals surface area contributed by atoms with Crippen LogP contribution in [-0.4, -0.2) is 4.98 Å². The van der Waals surface area contributed by atoms with Gasteiger partial charge in [-0.2, -0.15) is 0 Å². The van der Waals surface area contributed by atoms with Crippen LogP contribution in [0.2, 0.25) is 5.15 Å². The zero-order valence-corrected chi connectivity index (χ0v) is 11.3. The van der Waals surface area contributed by atoms with Gasteiger partial charge in [0, 0.05) is 23.6 Å². The van der Waals surface area contributed by atoms with Gasteiger partial charge in [0.05, 0.1) is 0 Å². The predicted molar refractivity (Wildman–Crippen MR) is 76.5 cm³/mol. The van der Waals surface area contributed by atoms with Crippen molar-refractivity contribution in [3.05, 3.63) is 63.6 Å². The van der Waals surface area contributed by atoms with Crippen LogP contribution in [0.4, 0.5) is 0 Å². The van der Waals surface area contributed by atoms with E-state index in [2.05, 4.69) is 4.98 Å². The van der Waals surface area contributed by atoms with Crippen LogP contribution in [0.25, 0.3) is 11.0 Å². The van der Waals surface area contributed by atoms with Gasteiger partial charge in [-0.05, 0) is 30.7 Å². The summed E-state index contributed by atoms with van der Waals surface area (Å²) in [5.74, 6) is 0.910. The van der Waals surface area contributed by atoms with Gasteiger partial charge in [0.2, 0.25) is 5.88 Å². The van der Waals surface area contributed by atoms with Gasteiger partial charge in [0.1, 0.15) is 16.5 Å². The lowest BCUT2D eigenvalue weighted by Gasteiger charge is -2.06. The van der Waals surface area contributed by atoms with Gasteiger partial charge in [0.25, 0.3) is 0 Å². The van der Waals surface area contributed by atoms with Crippen molar-refractivity contribution in [3.8, 4) is 11.6 Å². The molecule has 0 aliphatic carbocycles. The Labute approximate surface area is 119 Å². The summed E-state index contributed by atoms with van der Waals surface area (Å²) in [7, 11) is 0. The molecule has 0 amide bonds. The maximum atomic E-state index is 11.4. The molecule has 20 heavy (non-hydrogen) atoms. The number of aromatic nitrogens is 1. The molecule has 100 valence electrons. The van der Waals surface area contributed by atoms with Gasteiger partial charge in [0.15, 0.2) is 0 Å². The maximum absolute atomic E-state index is 11.4. The monoisotopic (exact) mass is 287 g/mol. The molecule has 0 aliphatic rings. The van der Waals surface area contributed by atoms with Gasteiger partial charge in [-0.1, -0.05) is 17.7 Å². The molecule has 0 bridgehead atoms. The van der Waals surface area contributed by atoms with E-state index in [1.165, 1.54) is 6.07 Å². The van der Waals surface area contributed by atoms with Crippen LogP contribution in [0.15, 0.2) is 51.7 Å². The number of nitrogens with zero attached hydrogens (tertiary/aromatic N) is 1. The molecule has 4 nitrogen and oxygen atoms in total. The van der Waals surface area contributed by atoms with Crippen LogP contribution in [-0.2, 0) is 0 Å². The summed E-state index contributed by atoms with van der Waals surface area (Å²) in [5.41, 5.74) is 0.964. The number of ether oxygens (including phenoxy) is 1. The highest BCUT2D eigenvalue weighted by Crippen LogP contribution is 2.26. The van der Waals surface area contributed by atoms with E-state index in [0.717, 1.165) is 10.9 Å². The first-order valence-corrected chi connectivity index (χ1v) is 6.34. The number of fused-ring (bicyclic) bond motifs is 1. The smallest absolute Gasteiger partial charge is 0.336 e. The molecule has 0 fully saturated rings. The summed E-state index contributed by atoms with van der Waals surface area (Å²) in [5, 5.41) is 1.22. The molecule has 2 aromatic heterocycles. The highest BCUT2D eigenvalue weighted by molar-refractivity contribution is 6.29. The zero-order valence-electron chi connectivity index (χ0n) is 10.6. The predicted octanol–water partition coefficient (Wildman–Crippen LogP) is 3.94. The van der Waals surface area contributed by atoms with Gasteiger partial charge in [-0.15, -0.1) is 0 Å². The first kappa shape index (κ1) is 12.7. The highest BCUT2D eigenvalue weighted by Gasteiger charge is 2.05. The molecule has 0 saturated carbocycles. The summed E-state index contributed by atoms with van der Waals surface area (Å²) in [6.07, 6.45) is 0. The minimum atomic E-state index is -0.381. The molecule has 0 spiro atoms. The number of hydrogen-bond donors (Lipinski definition) is 0. The SMILES string of the molecule is Cc1cc(=O)oc2cc(Oc3cccc(Cl)n3)ccc12. The molecule has 0 unspecified atom stereocenters. The number of benzene rings is 1. The standard InChI is InChI=1S/C15H10ClNO3/c1-9-7-15(18)20-12-8-10(5-6-11(9)12)19-14-4-2-3-13(16)17-14/h2-8H,1H3. The van der Waals surface area contributed by atoms with E-state index in [4.69, 9.17) is 20.8 Å². The van der Waals surface area contributed by atoms with Crippen molar-refractivity contribution in [1.82, 2.24) is 4.98 Å². The molecule has 2 heterocycles. The van der Waals surface area contributed by atoms with Crippen LogP contribution < -0.4 is 10.4 Å². The fourth-order valence-electron chi connectivity index (χ4n) is 1.94. The average Bonchev–Trinajstić information content (AvgIpc) is 2.38. The Morgan fingerprint density at radius 2 is 2.05 bits per heavy atom. The lowest BCUT2D eigenvalue weighted by Crippen LogP contribution is -1.98. The third kappa shape index (κ3) is 2.51. The number of pyridine rings is 1. The average molecular weight is 288 g/mol. The van der Waals surface area contributed by atoms with E-state index in [9.17, 15) is 4.79 Å². The minimum absolute atomic E-state index is 0.352. The van der Waals surface area contributed by atoms with Gasteiger partial charge in [-0.3, -0.25) is 0 Å². The van der Waals surface area contributed by atoms with Crippen LogP contribution in [0.1, 0.15) is 5.56 Å². The minimum Gasteiger partial charge on any atom is -0.439 e. The zero-order chi connectivity index (χ0) is 14.1. The molecule has 3 rings (SSSR count). The maximum Gasteiger partial charge on any atom is 0.336 e. The summed E-state index contributed by atoms with van der Waals surface area (Å²) >= 11 is 5.80. The third-order valence-corrected chi connectivity index (χ3v) is 3.05. The molecular weight excluding hydrogens is 278 g/mol. The van der Waals surface area contributed by atoms with Crippen molar-refractivity contribution in [1.29, 1.82) is 0 Å². The first-order valence-electron chi connectivity index (χ1n) is 5.97. The van der Waals surface area contributed by atoms with Crippen LogP contribution >= 0.6 is 11.6 Å². The van der Waals surface area contributed by atoms with E-state index in [-0.39, 0.29) is 5.63 Å². The lowest BCUT2D eigenvalue weighted by molar-refractivity contribution is 0.461.